The molecule has 78 heavy (non-hydrogen) atoms. The van der Waals surface area contributed by atoms with Crippen LogP contribution in [0.15, 0.2) is 170 Å². The Bertz CT molecular complexity index is 1810. The molecular formula is C72H112O6. The van der Waals surface area contributed by atoms with Crippen molar-refractivity contribution in [3.8, 4) is 0 Å². The summed E-state index contributed by atoms with van der Waals surface area (Å²) in [7, 11) is 0. The molecule has 1 atom stereocenters. The molecule has 1 unspecified atom stereocenters. The van der Waals surface area contributed by atoms with Gasteiger partial charge in [-0.1, -0.05) is 268 Å². The largest absolute Gasteiger partial charge is 0.462 e. The summed E-state index contributed by atoms with van der Waals surface area (Å²) in [5.74, 6) is -1.08. The van der Waals surface area contributed by atoms with Crippen LogP contribution in [0.1, 0.15) is 245 Å². The summed E-state index contributed by atoms with van der Waals surface area (Å²) in [4.78, 5) is 38.0. The molecule has 6 nitrogen and oxygen atoms in total. The summed E-state index contributed by atoms with van der Waals surface area (Å²) in [6.07, 6.45) is 95.4. The zero-order chi connectivity index (χ0) is 56.4. The molecule has 0 rings (SSSR count). The van der Waals surface area contributed by atoms with Gasteiger partial charge in [-0.25, -0.2) is 0 Å². The molecule has 0 heterocycles. The Labute approximate surface area is 479 Å². The summed E-state index contributed by atoms with van der Waals surface area (Å²) >= 11 is 0. The fourth-order valence-corrected chi connectivity index (χ4v) is 7.89. The maximum absolute atomic E-state index is 12.8. The second-order valence-electron chi connectivity index (χ2n) is 19.9. The summed E-state index contributed by atoms with van der Waals surface area (Å²) < 4.78 is 16.7. The van der Waals surface area contributed by atoms with Gasteiger partial charge >= 0.3 is 17.9 Å². The number of hydrogen-bond donors (Lipinski definition) is 0. The number of ether oxygens (including phenoxy) is 3. The molecule has 0 aliphatic carbocycles. The van der Waals surface area contributed by atoms with E-state index in [2.05, 4.69) is 179 Å². The molecule has 6 heteroatoms. The molecule has 0 aromatic rings. The fourth-order valence-electron chi connectivity index (χ4n) is 7.89. The van der Waals surface area contributed by atoms with E-state index >= 15 is 0 Å². The number of unbranched alkanes of at least 4 members (excludes halogenated alkanes) is 16. The molecule has 0 amide bonds. The van der Waals surface area contributed by atoms with Gasteiger partial charge in [-0.15, -0.1) is 0 Å². The van der Waals surface area contributed by atoms with Crippen LogP contribution in [0.25, 0.3) is 0 Å². The quantitative estimate of drug-likeness (QED) is 0.0261. The molecule has 0 spiro atoms. The zero-order valence-corrected chi connectivity index (χ0v) is 49.9. The van der Waals surface area contributed by atoms with Crippen molar-refractivity contribution in [2.24, 2.45) is 0 Å². The van der Waals surface area contributed by atoms with Gasteiger partial charge in [-0.05, 0) is 128 Å². The van der Waals surface area contributed by atoms with Crippen molar-refractivity contribution < 1.29 is 28.6 Å². The second-order valence-corrected chi connectivity index (χ2v) is 19.9. The van der Waals surface area contributed by atoms with E-state index in [4.69, 9.17) is 14.2 Å². The molecule has 0 fully saturated rings. The van der Waals surface area contributed by atoms with Gasteiger partial charge in [0.05, 0.1) is 6.42 Å². The number of allylic oxidation sites excluding steroid dienone is 27. The van der Waals surface area contributed by atoms with Crippen LogP contribution in [0.4, 0.5) is 0 Å². The van der Waals surface area contributed by atoms with Crippen LogP contribution in [-0.4, -0.2) is 37.2 Å². The first kappa shape index (κ1) is 72.8. The topological polar surface area (TPSA) is 78.9 Å². The Hall–Kier alpha value is -5.23. The summed E-state index contributed by atoms with van der Waals surface area (Å²) in [6, 6.07) is 0. The normalized spacial score (nSPS) is 13.3. The molecule has 0 radical (unpaired) electrons. The lowest BCUT2D eigenvalue weighted by Gasteiger charge is -2.18. The third-order valence-electron chi connectivity index (χ3n) is 12.5. The lowest BCUT2D eigenvalue weighted by molar-refractivity contribution is -0.166. The minimum absolute atomic E-state index is 0.0875. The molecular weight excluding hydrogens is 961 g/mol. The van der Waals surface area contributed by atoms with Crippen molar-refractivity contribution in [2.75, 3.05) is 13.2 Å². The smallest absolute Gasteiger partial charge is 0.310 e. The molecule has 0 N–H and O–H groups in total. The number of carbonyl (C=O) groups is 3. The van der Waals surface area contributed by atoms with E-state index in [1.165, 1.54) is 57.8 Å². The van der Waals surface area contributed by atoms with Crippen LogP contribution in [0, 0.1) is 0 Å². The van der Waals surface area contributed by atoms with Crippen molar-refractivity contribution in [2.45, 2.75) is 252 Å². The lowest BCUT2D eigenvalue weighted by atomic mass is 10.1. The van der Waals surface area contributed by atoms with Crippen LogP contribution in [0.3, 0.4) is 0 Å². The van der Waals surface area contributed by atoms with Crippen LogP contribution >= 0.6 is 0 Å². The van der Waals surface area contributed by atoms with Gasteiger partial charge in [0, 0.05) is 12.8 Å². The minimum atomic E-state index is -0.844. The Morgan fingerprint density at radius 1 is 0.282 bits per heavy atom. The molecule has 0 saturated carbocycles. The molecule has 0 saturated heterocycles. The highest BCUT2D eigenvalue weighted by Gasteiger charge is 2.19. The van der Waals surface area contributed by atoms with E-state index in [0.717, 1.165) is 141 Å². The molecule has 436 valence electrons. The molecule has 0 aliphatic rings. The monoisotopic (exact) mass is 1070 g/mol. The first-order valence-electron chi connectivity index (χ1n) is 31.1. The highest BCUT2D eigenvalue weighted by atomic mass is 16.6. The SMILES string of the molecule is CC/C=C\C/C=C\C/C=C\C/C=C\C/C=C\C/C=C\C/C=C\C/C=C\CCCCCCCCCCCCC(=O)OCC(COC(=O)CCCCCCC/C=C\CCC)OC(=O)C/C=C\C/C=C\C/C=C\C/C=C\C/C=C\CC. The molecule has 0 aromatic carbocycles. The Kier molecular flexibility index (Phi) is 60.0. The van der Waals surface area contributed by atoms with Gasteiger partial charge in [0.15, 0.2) is 6.10 Å². The average Bonchev–Trinajstić information content (AvgIpc) is 3.44. The van der Waals surface area contributed by atoms with Crippen molar-refractivity contribution >= 4 is 17.9 Å². The molecule has 0 bridgehead atoms. The third kappa shape index (κ3) is 61.6. The highest BCUT2D eigenvalue weighted by Crippen LogP contribution is 2.14. The molecule has 0 aromatic heterocycles. The number of esters is 3. The van der Waals surface area contributed by atoms with E-state index in [9.17, 15) is 14.4 Å². The highest BCUT2D eigenvalue weighted by molar-refractivity contribution is 5.72. The Morgan fingerprint density at radius 3 is 0.859 bits per heavy atom. The Balaban J connectivity index is 4.25. The lowest BCUT2D eigenvalue weighted by Crippen LogP contribution is -2.30. The van der Waals surface area contributed by atoms with E-state index in [1.807, 2.05) is 6.08 Å². The standard InChI is InChI=1S/C72H112O6/c1-4-7-10-13-16-19-22-24-26-27-28-29-30-31-32-33-34-35-36-37-38-39-40-41-42-43-44-45-47-48-50-53-56-59-62-65-71(74)77-68-69(67-76-70(73)64-61-58-55-52-21-18-15-12-9-6-3)78-72(75)66-63-60-57-54-51-49-46-25-23-20-17-14-11-8-5-2/h7-8,10-12,15-17,19-20,24-26,28-29,31-32,34-35,37-38,40-41,46,51,54,60,63,69H,4-6,9,13-14,18,21-23,27,30,33,36,39,42-45,47-50,52-53,55-59,61-62,64-68H2,1-3H3/b10-7-,11-8-,15-12-,19-16-,20-17-,26-24-,29-28-,32-31-,35-34-,38-37-,41-40-,46-25-,54-51-,63-60-. The first-order valence-corrected chi connectivity index (χ1v) is 31.1. The van der Waals surface area contributed by atoms with Crippen molar-refractivity contribution in [1.82, 2.24) is 0 Å². The van der Waals surface area contributed by atoms with E-state index < -0.39 is 12.1 Å². The fraction of sp³-hybridized carbons (Fsp3) is 0.569. The predicted molar refractivity (Wildman–Crippen MR) is 338 cm³/mol. The predicted octanol–water partition coefficient (Wildman–Crippen LogP) is 21.5. The van der Waals surface area contributed by atoms with Gasteiger partial charge in [0.2, 0.25) is 0 Å². The van der Waals surface area contributed by atoms with Gasteiger partial charge in [-0.3, -0.25) is 14.4 Å². The van der Waals surface area contributed by atoms with Gasteiger partial charge < -0.3 is 14.2 Å². The van der Waals surface area contributed by atoms with E-state index in [1.54, 1.807) is 6.08 Å². The maximum Gasteiger partial charge on any atom is 0.310 e. The maximum atomic E-state index is 12.8. The average molecular weight is 1070 g/mol. The summed E-state index contributed by atoms with van der Waals surface area (Å²) in [5.41, 5.74) is 0. The van der Waals surface area contributed by atoms with E-state index in [0.29, 0.717) is 19.3 Å². The minimum Gasteiger partial charge on any atom is -0.462 e. The zero-order valence-electron chi connectivity index (χ0n) is 49.9. The Morgan fingerprint density at radius 2 is 0.538 bits per heavy atom. The van der Waals surface area contributed by atoms with Crippen LogP contribution in [-0.2, 0) is 28.6 Å². The van der Waals surface area contributed by atoms with Gasteiger partial charge in [-0.2, -0.15) is 0 Å². The van der Waals surface area contributed by atoms with E-state index in [-0.39, 0.29) is 31.6 Å². The van der Waals surface area contributed by atoms with Gasteiger partial charge in [0.1, 0.15) is 13.2 Å². The third-order valence-corrected chi connectivity index (χ3v) is 12.5. The number of hydrogen-bond acceptors (Lipinski definition) is 6. The van der Waals surface area contributed by atoms with Crippen molar-refractivity contribution in [1.29, 1.82) is 0 Å². The summed E-state index contributed by atoms with van der Waals surface area (Å²) in [5, 5.41) is 0. The first-order chi connectivity index (χ1) is 38.5. The number of rotatable bonds is 54. The van der Waals surface area contributed by atoms with Crippen molar-refractivity contribution in [3.63, 3.8) is 0 Å². The molecule has 0 aliphatic heterocycles. The van der Waals surface area contributed by atoms with Crippen molar-refractivity contribution in [3.05, 3.63) is 170 Å². The number of carbonyl (C=O) groups excluding carboxylic acids is 3. The summed E-state index contributed by atoms with van der Waals surface area (Å²) in [6.45, 7) is 6.24. The van der Waals surface area contributed by atoms with Crippen LogP contribution in [0.2, 0.25) is 0 Å². The van der Waals surface area contributed by atoms with Crippen LogP contribution in [0.5, 0.6) is 0 Å². The second kappa shape index (κ2) is 64.3. The van der Waals surface area contributed by atoms with Crippen LogP contribution < -0.4 is 0 Å². The van der Waals surface area contributed by atoms with Gasteiger partial charge in [0.25, 0.3) is 0 Å².